The van der Waals surface area contributed by atoms with Gasteiger partial charge >= 0.3 is 0 Å². The summed E-state index contributed by atoms with van der Waals surface area (Å²) in [6.45, 7) is 5.28. The van der Waals surface area contributed by atoms with E-state index >= 15 is 0 Å². The summed E-state index contributed by atoms with van der Waals surface area (Å²) in [5, 5.41) is 6.07. The highest BCUT2D eigenvalue weighted by Gasteiger charge is 2.44. The summed E-state index contributed by atoms with van der Waals surface area (Å²) in [7, 11) is 1.63. The van der Waals surface area contributed by atoms with Crippen molar-refractivity contribution < 1.29 is 14.3 Å². The number of aromatic nitrogens is 1. The van der Waals surface area contributed by atoms with Crippen LogP contribution in [0, 0.1) is 12.8 Å². The highest BCUT2D eigenvalue weighted by atomic mass is 32.1. The van der Waals surface area contributed by atoms with Gasteiger partial charge in [0.15, 0.2) is 0 Å². The Labute approximate surface area is 176 Å². The molecular formula is C22H29N3O3S. The number of amides is 2. The van der Waals surface area contributed by atoms with E-state index in [0.29, 0.717) is 19.5 Å². The maximum absolute atomic E-state index is 13.0. The molecule has 0 unspecified atom stereocenters. The van der Waals surface area contributed by atoms with Gasteiger partial charge in [0, 0.05) is 31.3 Å². The van der Waals surface area contributed by atoms with Crippen molar-refractivity contribution in [3.63, 3.8) is 0 Å². The first kappa shape index (κ1) is 21.3. The highest BCUT2D eigenvalue weighted by molar-refractivity contribution is 7.09. The molecule has 7 heteroatoms. The minimum Gasteiger partial charge on any atom is -0.497 e. The number of carbonyl (C=O) groups is 2. The van der Waals surface area contributed by atoms with Crippen LogP contribution in [0.4, 0.5) is 0 Å². The molecule has 1 saturated heterocycles. The summed E-state index contributed by atoms with van der Waals surface area (Å²) >= 11 is 1.61. The Balaban J connectivity index is 1.72. The summed E-state index contributed by atoms with van der Waals surface area (Å²) in [4.78, 5) is 32.0. The van der Waals surface area contributed by atoms with E-state index in [9.17, 15) is 9.59 Å². The van der Waals surface area contributed by atoms with Gasteiger partial charge < -0.3 is 15.0 Å². The van der Waals surface area contributed by atoms with E-state index in [-0.39, 0.29) is 30.2 Å². The summed E-state index contributed by atoms with van der Waals surface area (Å²) in [6, 6.07) is 7.45. The molecule has 0 spiro atoms. The molecule has 1 aliphatic rings. The molecule has 1 N–H and O–H groups in total. The normalized spacial score (nSPS) is 18.9. The highest BCUT2D eigenvalue weighted by Crippen LogP contribution is 2.39. The first-order valence-electron chi connectivity index (χ1n) is 10.2. The zero-order valence-electron chi connectivity index (χ0n) is 17.3. The number of methoxy groups -OCH3 is 1. The Morgan fingerprint density at radius 1 is 1.34 bits per heavy atom. The summed E-state index contributed by atoms with van der Waals surface area (Å²) in [5.41, 5.74) is 1.97. The predicted molar refractivity (Wildman–Crippen MR) is 114 cm³/mol. The molecule has 2 atom stereocenters. The molecule has 2 amide bonds. The lowest BCUT2D eigenvalue weighted by Gasteiger charge is -2.28. The van der Waals surface area contributed by atoms with Gasteiger partial charge in [0.25, 0.3) is 0 Å². The van der Waals surface area contributed by atoms with Gasteiger partial charge in [0.05, 0.1) is 29.8 Å². The van der Waals surface area contributed by atoms with E-state index in [1.807, 2.05) is 41.5 Å². The first-order chi connectivity index (χ1) is 14.0. The minimum atomic E-state index is -0.384. The molecule has 1 fully saturated rings. The number of carbonyl (C=O) groups excluding carboxylic acids is 2. The van der Waals surface area contributed by atoms with Crippen LogP contribution < -0.4 is 10.1 Å². The number of hydrogen-bond donors (Lipinski definition) is 1. The van der Waals surface area contributed by atoms with Crippen molar-refractivity contribution in [2.45, 2.75) is 45.6 Å². The van der Waals surface area contributed by atoms with E-state index < -0.39 is 0 Å². The van der Waals surface area contributed by atoms with E-state index in [4.69, 9.17) is 4.74 Å². The van der Waals surface area contributed by atoms with E-state index in [1.54, 1.807) is 18.4 Å². The molecule has 0 saturated carbocycles. The van der Waals surface area contributed by atoms with Crippen LogP contribution in [0.3, 0.4) is 0 Å². The molecule has 2 aromatic rings. The average Bonchev–Trinajstić information content (AvgIpc) is 3.29. The molecule has 0 radical (unpaired) electrons. The Kier molecular flexibility index (Phi) is 7.25. The number of unbranched alkanes of at least 4 members (excludes halogenated alkanes) is 1. The standard InChI is InChI=1S/C22H29N3O3S/c1-4-5-12-25-20(26)13-19(21(25)16-6-8-18(28-3)9-7-16)22(27)23-11-10-17-14-29-15(2)24-17/h6-9,14,19,21H,4-5,10-13H2,1-3H3,(H,23,27)/t19-,21-/m1/s1. The molecule has 6 nitrogen and oxygen atoms in total. The lowest BCUT2D eigenvalue weighted by molar-refractivity contribution is -0.129. The minimum absolute atomic E-state index is 0.0505. The Bertz CT molecular complexity index is 834. The number of benzene rings is 1. The first-order valence-corrected chi connectivity index (χ1v) is 11.0. The van der Waals surface area contributed by atoms with Crippen molar-refractivity contribution in [3.8, 4) is 5.75 Å². The number of likely N-dealkylation sites (tertiary alicyclic amines) is 1. The van der Waals surface area contributed by atoms with E-state index in [0.717, 1.165) is 34.9 Å². The van der Waals surface area contributed by atoms with Crippen LogP contribution in [0.1, 0.15) is 48.5 Å². The lowest BCUT2D eigenvalue weighted by Crippen LogP contribution is -2.36. The van der Waals surface area contributed by atoms with Gasteiger partial charge in [-0.1, -0.05) is 25.5 Å². The van der Waals surface area contributed by atoms with Crippen LogP contribution >= 0.6 is 11.3 Å². The molecular weight excluding hydrogens is 386 g/mol. The van der Waals surface area contributed by atoms with Gasteiger partial charge in [-0.05, 0) is 31.0 Å². The Morgan fingerprint density at radius 2 is 2.10 bits per heavy atom. The van der Waals surface area contributed by atoms with Crippen molar-refractivity contribution in [3.05, 3.63) is 45.9 Å². The second-order valence-electron chi connectivity index (χ2n) is 7.37. The lowest BCUT2D eigenvalue weighted by atomic mass is 9.92. The second kappa shape index (κ2) is 9.87. The average molecular weight is 416 g/mol. The number of rotatable bonds is 9. The Morgan fingerprint density at radius 3 is 2.72 bits per heavy atom. The van der Waals surface area contributed by atoms with Crippen molar-refractivity contribution >= 4 is 23.2 Å². The number of nitrogens with one attached hydrogen (secondary N) is 1. The molecule has 156 valence electrons. The summed E-state index contributed by atoms with van der Waals surface area (Å²) in [6.07, 6.45) is 2.88. The fourth-order valence-corrected chi connectivity index (χ4v) is 4.45. The third-order valence-corrected chi connectivity index (χ3v) is 6.15. The maximum atomic E-state index is 13.0. The Hall–Kier alpha value is -2.41. The zero-order chi connectivity index (χ0) is 20.8. The van der Waals surface area contributed by atoms with Crippen LogP contribution in [-0.2, 0) is 16.0 Å². The third kappa shape index (κ3) is 5.15. The molecule has 0 bridgehead atoms. The maximum Gasteiger partial charge on any atom is 0.226 e. The third-order valence-electron chi connectivity index (χ3n) is 5.33. The van der Waals surface area contributed by atoms with Gasteiger partial charge in [0.2, 0.25) is 11.8 Å². The van der Waals surface area contributed by atoms with Crippen LogP contribution in [0.5, 0.6) is 5.75 Å². The topological polar surface area (TPSA) is 71.5 Å². The van der Waals surface area contributed by atoms with E-state index in [2.05, 4.69) is 17.2 Å². The van der Waals surface area contributed by atoms with Crippen LogP contribution in [0.25, 0.3) is 0 Å². The van der Waals surface area contributed by atoms with Gasteiger partial charge in [-0.15, -0.1) is 11.3 Å². The molecule has 1 aromatic carbocycles. The zero-order valence-corrected chi connectivity index (χ0v) is 18.1. The van der Waals surface area contributed by atoms with E-state index in [1.165, 1.54) is 0 Å². The van der Waals surface area contributed by atoms with Crippen molar-refractivity contribution in [1.29, 1.82) is 0 Å². The molecule has 29 heavy (non-hydrogen) atoms. The van der Waals surface area contributed by atoms with Gasteiger partial charge in [-0.25, -0.2) is 4.98 Å². The molecule has 0 aliphatic carbocycles. The molecule has 1 aliphatic heterocycles. The van der Waals surface area contributed by atoms with Gasteiger partial charge in [-0.3, -0.25) is 9.59 Å². The van der Waals surface area contributed by atoms with Gasteiger partial charge in [0.1, 0.15) is 5.75 Å². The number of nitrogens with zero attached hydrogens (tertiary/aromatic N) is 2. The van der Waals surface area contributed by atoms with Gasteiger partial charge in [-0.2, -0.15) is 0 Å². The SMILES string of the molecule is CCCCN1C(=O)C[C@@H](C(=O)NCCc2csc(C)n2)[C@H]1c1ccc(OC)cc1. The number of thiazole rings is 1. The van der Waals surface area contributed by atoms with Crippen molar-refractivity contribution in [2.24, 2.45) is 5.92 Å². The number of ether oxygens (including phenoxy) is 1. The largest absolute Gasteiger partial charge is 0.497 e. The fraction of sp³-hybridized carbons (Fsp3) is 0.500. The quantitative estimate of drug-likeness (QED) is 0.680. The molecule has 3 rings (SSSR count). The smallest absolute Gasteiger partial charge is 0.226 e. The summed E-state index contributed by atoms with van der Waals surface area (Å²) in [5.74, 6) is 0.363. The predicted octanol–water partition coefficient (Wildman–Crippen LogP) is 3.51. The molecule has 2 heterocycles. The fourth-order valence-electron chi connectivity index (χ4n) is 3.80. The van der Waals surface area contributed by atoms with Crippen LogP contribution in [0.15, 0.2) is 29.6 Å². The number of aryl methyl sites for hydroxylation is 1. The second-order valence-corrected chi connectivity index (χ2v) is 8.43. The van der Waals surface area contributed by atoms with Crippen LogP contribution in [-0.4, -0.2) is 41.9 Å². The number of hydrogen-bond acceptors (Lipinski definition) is 5. The van der Waals surface area contributed by atoms with Crippen molar-refractivity contribution in [2.75, 3.05) is 20.2 Å². The van der Waals surface area contributed by atoms with Crippen molar-refractivity contribution in [1.82, 2.24) is 15.2 Å². The molecule has 1 aromatic heterocycles. The summed E-state index contributed by atoms with van der Waals surface area (Å²) < 4.78 is 5.25. The monoisotopic (exact) mass is 415 g/mol. The van der Waals surface area contributed by atoms with Crippen LogP contribution in [0.2, 0.25) is 0 Å².